The number of benzene rings is 2. The third-order valence-electron chi connectivity index (χ3n) is 5.07. The monoisotopic (exact) mass is 376 g/mol. The van der Waals surface area contributed by atoms with Crippen LogP contribution in [0.3, 0.4) is 0 Å². The summed E-state index contributed by atoms with van der Waals surface area (Å²) in [6, 6.07) is 18.2. The predicted molar refractivity (Wildman–Crippen MR) is 110 cm³/mol. The highest BCUT2D eigenvalue weighted by Gasteiger charge is 2.22. The highest BCUT2D eigenvalue weighted by molar-refractivity contribution is 5.96. The van der Waals surface area contributed by atoms with E-state index in [0.29, 0.717) is 18.8 Å². The molecule has 2 aliphatic heterocycles. The standard InChI is InChI=1S/C23H24N2O3/c26-16-19-17-28-21-9-5-4-8-20(21)23(19)24-22(25-12-14-27-15-13-25)11-10-18-6-2-1-3-7-18/h1-9,16H,10-15,17H2. The number of aldehydes is 1. The van der Waals surface area contributed by atoms with Gasteiger partial charge >= 0.3 is 0 Å². The summed E-state index contributed by atoms with van der Waals surface area (Å²) in [4.78, 5) is 19.0. The largest absolute Gasteiger partial charge is 0.488 e. The normalized spacial score (nSPS) is 17.1. The van der Waals surface area contributed by atoms with Crippen LogP contribution in [-0.2, 0) is 16.0 Å². The summed E-state index contributed by atoms with van der Waals surface area (Å²) < 4.78 is 11.2. The molecule has 0 spiro atoms. The smallest absolute Gasteiger partial charge is 0.151 e. The van der Waals surface area contributed by atoms with Crippen LogP contribution >= 0.6 is 0 Å². The van der Waals surface area contributed by atoms with Crippen LogP contribution in [0, 0.1) is 0 Å². The summed E-state index contributed by atoms with van der Waals surface area (Å²) in [6.07, 6.45) is 2.57. The Morgan fingerprint density at radius 2 is 1.79 bits per heavy atom. The fourth-order valence-electron chi connectivity index (χ4n) is 3.54. The lowest BCUT2D eigenvalue weighted by atomic mass is 10.0. The number of ether oxygens (including phenoxy) is 2. The van der Waals surface area contributed by atoms with Gasteiger partial charge in [-0.2, -0.15) is 0 Å². The Hall–Kier alpha value is -2.92. The van der Waals surface area contributed by atoms with Crippen molar-refractivity contribution < 1.29 is 14.3 Å². The van der Waals surface area contributed by atoms with Gasteiger partial charge in [-0.3, -0.25) is 4.79 Å². The van der Waals surface area contributed by atoms with E-state index in [-0.39, 0.29) is 6.61 Å². The van der Waals surface area contributed by atoms with Crippen LogP contribution in [0.4, 0.5) is 0 Å². The van der Waals surface area contributed by atoms with Crippen molar-refractivity contribution >= 4 is 17.8 Å². The lowest BCUT2D eigenvalue weighted by molar-refractivity contribution is -0.105. The molecule has 0 atom stereocenters. The number of nitrogens with zero attached hydrogens (tertiary/aromatic N) is 2. The molecule has 5 nitrogen and oxygen atoms in total. The van der Waals surface area contributed by atoms with Crippen molar-refractivity contribution in [3.63, 3.8) is 0 Å². The number of hydrogen-bond acceptors (Lipinski definition) is 4. The number of hydrogen-bond donors (Lipinski definition) is 0. The predicted octanol–water partition coefficient (Wildman–Crippen LogP) is 3.35. The van der Waals surface area contributed by atoms with E-state index < -0.39 is 0 Å². The van der Waals surface area contributed by atoms with E-state index in [0.717, 1.165) is 55.1 Å². The van der Waals surface area contributed by atoms with Crippen LogP contribution in [0.15, 0.2) is 65.2 Å². The number of morpholine rings is 1. The van der Waals surface area contributed by atoms with Crippen LogP contribution in [0.1, 0.15) is 17.5 Å². The topological polar surface area (TPSA) is 51.1 Å². The van der Waals surface area contributed by atoms with Crippen LogP contribution < -0.4 is 4.74 Å². The number of para-hydroxylation sites is 1. The number of carbonyl (C=O) groups is 1. The second-order valence-electron chi connectivity index (χ2n) is 6.89. The fourth-order valence-corrected chi connectivity index (χ4v) is 3.54. The minimum atomic E-state index is 0.258. The van der Waals surface area contributed by atoms with Crippen molar-refractivity contribution in [2.45, 2.75) is 12.8 Å². The number of rotatable bonds is 5. The van der Waals surface area contributed by atoms with Gasteiger partial charge in [-0.25, -0.2) is 4.99 Å². The van der Waals surface area contributed by atoms with E-state index >= 15 is 0 Å². The van der Waals surface area contributed by atoms with Crippen molar-refractivity contribution in [2.75, 3.05) is 32.9 Å². The van der Waals surface area contributed by atoms with Crippen molar-refractivity contribution in [3.8, 4) is 5.75 Å². The molecule has 5 heteroatoms. The summed E-state index contributed by atoms with van der Waals surface area (Å²) in [7, 11) is 0. The SMILES string of the molecule is O=CC1=C(N=C(CCc2ccccc2)N2CCOCC2)c2ccccc2OC1. The minimum Gasteiger partial charge on any atom is -0.488 e. The Kier molecular flexibility index (Phi) is 5.83. The second kappa shape index (κ2) is 8.85. The summed E-state index contributed by atoms with van der Waals surface area (Å²) in [5.41, 5.74) is 3.47. The Bertz CT molecular complexity index is 884. The molecule has 2 aliphatic rings. The highest BCUT2D eigenvalue weighted by Crippen LogP contribution is 2.33. The number of amidine groups is 1. The maximum absolute atomic E-state index is 11.7. The first-order valence-corrected chi connectivity index (χ1v) is 9.70. The van der Waals surface area contributed by atoms with E-state index in [4.69, 9.17) is 14.5 Å². The molecule has 2 aromatic carbocycles. The Morgan fingerprint density at radius 1 is 1.04 bits per heavy atom. The van der Waals surface area contributed by atoms with Gasteiger partial charge in [-0.05, 0) is 24.1 Å². The molecule has 0 radical (unpaired) electrons. The molecule has 4 rings (SSSR count). The molecule has 0 bridgehead atoms. The average Bonchev–Trinajstić information content (AvgIpc) is 2.78. The summed E-state index contributed by atoms with van der Waals surface area (Å²) >= 11 is 0. The Labute approximate surface area is 165 Å². The summed E-state index contributed by atoms with van der Waals surface area (Å²) in [6.45, 7) is 3.28. The molecular weight excluding hydrogens is 352 g/mol. The molecule has 1 fully saturated rings. The molecular formula is C23H24N2O3. The van der Waals surface area contributed by atoms with E-state index in [9.17, 15) is 4.79 Å². The first kappa shape index (κ1) is 18.4. The Balaban J connectivity index is 1.68. The van der Waals surface area contributed by atoms with Crippen LogP contribution in [0.25, 0.3) is 5.70 Å². The van der Waals surface area contributed by atoms with Gasteiger partial charge < -0.3 is 14.4 Å². The zero-order chi connectivity index (χ0) is 19.2. The molecule has 0 N–H and O–H groups in total. The van der Waals surface area contributed by atoms with Crippen molar-refractivity contribution in [1.29, 1.82) is 0 Å². The van der Waals surface area contributed by atoms with Gasteiger partial charge in [0.15, 0.2) is 6.29 Å². The Morgan fingerprint density at radius 3 is 2.57 bits per heavy atom. The van der Waals surface area contributed by atoms with E-state index in [1.165, 1.54) is 5.56 Å². The molecule has 144 valence electrons. The number of fused-ring (bicyclic) bond motifs is 1. The van der Waals surface area contributed by atoms with Crippen LogP contribution in [0.5, 0.6) is 5.75 Å². The van der Waals surface area contributed by atoms with Crippen molar-refractivity contribution in [2.24, 2.45) is 4.99 Å². The van der Waals surface area contributed by atoms with Gasteiger partial charge in [0.1, 0.15) is 18.2 Å². The average molecular weight is 376 g/mol. The molecule has 2 aromatic rings. The quantitative estimate of drug-likeness (QED) is 0.456. The third-order valence-corrected chi connectivity index (χ3v) is 5.07. The summed E-state index contributed by atoms with van der Waals surface area (Å²) in [5, 5.41) is 0. The van der Waals surface area contributed by atoms with E-state index in [1.807, 2.05) is 30.3 Å². The molecule has 0 amide bonds. The van der Waals surface area contributed by atoms with Gasteiger partial charge in [0.05, 0.1) is 24.5 Å². The molecule has 0 aromatic heterocycles. The molecule has 0 unspecified atom stereocenters. The highest BCUT2D eigenvalue weighted by atomic mass is 16.5. The van der Waals surface area contributed by atoms with Crippen LogP contribution in [-0.4, -0.2) is 49.9 Å². The number of aliphatic imine (C=N–C) groups is 1. The van der Waals surface area contributed by atoms with Gasteiger partial charge in [-0.1, -0.05) is 42.5 Å². The molecule has 2 heterocycles. The minimum absolute atomic E-state index is 0.258. The zero-order valence-corrected chi connectivity index (χ0v) is 15.8. The van der Waals surface area contributed by atoms with Gasteiger partial charge in [0, 0.05) is 25.1 Å². The maximum Gasteiger partial charge on any atom is 0.151 e. The first-order chi connectivity index (χ1) is 13.8. The molecule has 0 saturated carbocycles. The molecule has 1 saturated heterocycles. The molecule has 0 aliphatic carbocycles. The molecule has 28 heavy (non-hydrogen) atoms. The third kappa shape index (κ3) is 4.15. The van der Waals surface area contributed by atoms with Crippen molar-refractivity contribution in [3.05, 3.63) is 71.3 Å². The second-order valence-corrected chi connectivity index (χ2v) is 6.89. The lowest BCUT2D eigenvalue weighted by Gasteiger charge is -2.31. The van der Waals surface area contributed by atoms with Gasteiger partial charge in [0.25, 0.3) is 0 Å². The van der Waals surface area contributed by atoms with Crippen molar-refractivity contribution in [1.82, 2.24) is 4.90 Å². The fraction of sp³-hybridized carbons (Fsp3) is 0.304. The first-order valence-electron chi connectivity index (χ1n) is 9.70. The zero-order valence-electron chi connectivity index (χ0n) is 15.8. The van der Waals surface area contributed by atoms with E-state index in [2.05, 4.69) is 29.2 Å². The summed E-state index contributed by atoms with van der Waals surface area (Å²) in [5.74, 6) is 1.77. The number of carbonyl (C=O) groups excluding carboxylic acids is 1. The maximum atomic E-state index is 11.7. The van der Waals surface area contributed by atoms with Gasteiger partial charge in [-0.15, -0.1) is 0 Å². The van der Waals surface area contributed by atoms with Gasteiger partial charge in [0.2, 0.25) is 0 Å². The van der Waals surface area contributed by atoms with Crippen LogP contribution in [0.2, 0.25) is 0 Å². The van der Waals surface area contributed by atoms with E-state index in [1.54, 1.807) is 0 Å². The number of aryl methyl sites for hydroxylation is 1. The lowest BCUT2D eigenvalue weighted by Crippen LogP contribution is -2.41.